The summed E-state index contributed by atoms with van der Waals surface area (Å²) in [6, 6.07) is 4.24. The van der Waals surface area contributed by atoms with Crippen molar-refractivity contribution in [2.45, 2.75) is 59.7 Å². The molecule has 0 saturated carbocycles. The van der Waals surface area contributed by atoms with Gasteiger partial charge in [-0.15, -0.1) is 0 Å². The molecule has 0 spiro atoms. The molecule has 1 aliphatic heterocycles. The summed E-state index contributed by atoms with van der Waals surface area (Å²) in [6.45, 7) is 15.5. The van der Waals surface area contributed by atoms with Crippen LogP contribution in [0.15, 0.2) is 17.1 Å². The molecule has 4 nitrogen and oxygen atoms in total. The van der Waals surface area contributed by atoms with E-state index in [1.807, 2.05) is 13.4 Å². The summed E-state index contributed by atoms with van der Waals surface area (Å²) in [7, 11) is 1.69. The largest absolute Gasteiger partial charge is 0.495 e. The van der Waals surface area contributed by atoms with E-state index in [-0.39, 0.29) is 18.3 Å². The molecule has 0 N–H and O–H groups in total. The molecule has 5 heteroatoms. The molecule has 0 unspecified atom stereocenters. The van der Waals surface area contributed by atoms with Crippen LogP contribution in [0.25, 0.3) is 0 Å². The number of aryl methyl sites for hydroxylation is 2. The van der Waals surface area contributed by atoms with Gasteiger partial charge in [-0.25, -0.2) is 4.99 Å². The van der Waals surface area contributed by atoms with Crippen molar-refractivity contribution < 1.29 is 9.31 Å². The Morgan fingerprint density at radius 1 is 1.09 bits per heavy atom. The van der Waals surface area contributed by atoms with Crippen molar-refractivity contribution in [1.29, 1.82) is 0 Å². The third kappa shape index (κ3) is 3.61. The average molecular weight is 316 g/mol. The Balaban J connectivity index is 2.30. The van der Waals surface area contributed by atoms with Gasteiger partial charge in [0.25, 0.3) is 0 Å². The predicted molar refractivity (Wildman–Crippen MR) is 98.1 cm³/mol. The Bertz CT molecular complexity index is 595. The first-order valence-electron chi connectivity index (χ1n) is 8.28. The van der Waals surface area contributed by atoms with Crippen LogP contribution in [0.1, 0.15) is 45.7 Å². The monoisotopic (exact) mass is 316 g/mol. The number of aliphatic imine (C=N–C) groups is 1. The van der Waals surface area contributed by atoms with E-state index in [9.17, 15) is 0 Å². The van der Waals surface area contributed by atoms with E-state index in [0.717, 1.165) is 28.8 Å². The lowest BCUT2D eigenvalue weighted by Crippen LogP contribution is -2.41. The summed E-state index contributed by atoms with van der Waals surface area (Å²) in [6.07, 6.45) is 1.87. The molecule has 0 radical (unpaired) electrons. The summed E-state index contributed by atoms with van der Waals surface area (Å²) in [5.74, 6) is 0. The van der Waals surface area contributed by atoms with Crippen LogP contribution < -0.4 is 5.46 Å². The quantitative estimate of drug-likeness (QED) is 0.486. The van der Waals surface area contributed by atoms with Crippen molar-refractivity contribution in [2.24, 2.45) is 4.99 Å². The highest BCUT2D eigenvalue weighted by Gasteiger charge is 2.52. The van der Waals surface area contributed by atoms with Crippen molar-refractivity contribution in [3.63, 3.8) is 0 Å². The third-order valence-electron chi connectivity index (χ3n) is 4.98. The van der Waals surface area contributed by atoms with Crippen LogP contribution in [0.3, 0.4) is 0 Å². The Labute approximate surface area is 141 Å². The van der Waals surface area contributed by atoms with Crippen LogP contribution in [0.5, 0.6) is 0 Å². The second-order valence-electron chi connectivity index (χ2n) is 7.40. The van der Waals surface area contributed by atoms with Crippen molar-refractivity contribution in [1.82, 2.24) is 4.90 Å². The highest BCUT2D eigenvalue weighted by molar-refractivity contribution is 6.62. The summed E-state index contributed by atoms with van der Waals surface area (Å²) in [4.78, 5) is 6.63. The molecular formula is C18H29BN2O2. The van der Waals surface area contributed by atoms with Gasteiger partial charge in [0, 0.05) is 13.6 Å². The maximum atomic E-state index is 6.17. The number of hydrogen-bond donors (Lipinski definition) is 0. The van der Waals surface area contributed by atoms with Gasteiger partial charge in [0.2, 0.25) is 0 Å². The van der Waals surface area contributed by atoms with Gasteiger partial charge in [-0.1, -0.05) is 6.07 Å². The number of hydrogen-bond acceptors (Lipinski definition) is 3. The number of benzene rings is 1. The molecule has 1 saturated heterocycles. The molecule has 0 bridgehead atoms. The topological polar surface area (TPSA) is 34.1 Å². The van der Waals surface area contributed by atoms with Gasteiger partial charge in [-0.3, -0.25) is 0 Å². The molecule has 1 aromatic rings. The second kappa shape index (κ2) is 6.29. The zero-order chi connectivity index (χ0) is 17.4. The van der Waals surface area contributed by atoms with Gasteiger partial charge in [-0.05, 0) is 71.1 Å². The molecule has 1 aromatic carbocycles. The highest BCUT2D eigenvalue weighted by atomic mass is 16.7. The minimum absolute atomic E-state index is 0.321. The Morgan fingerprint density at radius 2 is 1.65 bits per heavy atom. The average Bonchev–Trinajstić information content (AvgIpc) is 2.67. The Kier molecular flexibility index (Phi) is 4.93. The van der Waals surface area contributed by atoms with E-state index in [1.54, 1.807) is 0 Å². The SMILES string of the molecule is CCN(C)C=Nc1cc(C)c(B2OC(C)(C)C(C)(C)O2)cc1C. The van der Waals surface area contributed by atoms with Gasteiger partial charge >= 0.3 is 7.12 Å². The van der Waals surface area contributed by atoms with Crippen molar-refractivity contribution in [3.05, 3.63) is 23.3 Å². The lowest BCUT2D eigenvalue weighted by molar-refractivity contribution is 0.00578. The van der Waals surface area contributed by atoms with Crippen LogP contribution in [0.2, 0.25) is 0 Å². The molecule has 0 aliphatic carbocycles. The normalized spacial score (nSPS) is 19.6. The molecule has 1 fully saturated rings. The van der Waals surface area contributed by atoms with Crippen LogP contribution in [-0.4, -0.2) is 43.2 Å². The fourth-order valence-corrected chi connectivity index (χ4v) is 2.43. The minimum atomic E-state index is -0.324. The predicted octanol–water partition coefficient (Wildman–Crippen LogP) is 3.21. The second-order valence-corrected chi connectivity index (χ2v) is 7.40. The summed E-state index contributed by atoms with van der Waals surface area (Å²) < 4.78 is 12.3. The van der Waals surface area contributed by atoms with Gasteiger partial charge in [-0.2, -0.15) is 0 Å². The first kappa shape index (κ1) is 18.0. The van der Waals surface area contributed by atoms with Crippen LogP contribution in [0, 0.1) is 13.8 Å². The fraction of sp³-hybridized carbons (Fsp3) is 0.611. The lowest BCUT2D eigenvalue weighted by Gasteiger charge is -2.32. The zero-order valence-corrected chi connectivity index (χ0v) is 15.7. The minimum Gasteiger partial charge on any atom is -0.399 e. The molecule has 0 aromatic heterocycles. The van der Waals surface area contributed by atoms with Gasteiger partial charge < -0.3 is 14.2 Å². The van der Waals surface area contributed by atoms with E-state index in [1.165, 1.54) is 0 Å². The standard InChI is InChI=1S/C18H29BN2O2/c1-9-21(8)12-20-16-11-13(2)15(10-14(16)3)19-22-17(4,5)18(6,7)23-19/h10-12H,9H2,1-8H3. The van der Waals surface area contributed by atoms with Gasteiger partial charge in [0.05, 0.1) is 23.2 Å². The van der Waals surface area contributed by atoms with Gasteiger partial charge in [0.15, 0.2) is 0 Å². The third-order valence-corrected chi connectivity index (χ3v) is 4.98. The molecule has 23 heavy (non-hydrogen) atoms. The van der Waals surface area contributed by atoms with Crippen molar-refractivity contribution >= 4 is 24.6 Å². The molecule has 0 amide bonds. The lowest BCUT2D eigenvalue weighted by atomic mass is 9.75. The Hall–Kier alpha value is -1.33. The smallest absolute Gasteiger partial charge is 0.399 e. The van der Waals surface area contributed by atoms with Crippen LogP contribution in [0.4, 0.5) is 5.69 Å². The molecule has 2 rings (SSSR count). The highest BCUT2D eigenvalue weighted by Crippen LogP contribution is 2.37. The van der Waals surface area contributed by atoms with Gasteiger partial charge in [0.1, 0.15) is 0 Å². The first-order valence-corrected chi connectivity index (χ1v) is 8.28. The molecular weight excluding hydrogens is 287 g/mol. The van der Waals surface area contributed by atoms with E-state index in [4.69, 9.17) is 9.31 Å². The maximum absolute atomic E-state index is 6.17. The number of nitrogens with zero attached hydrogens (tertiary/aromatic N) is 2. The van der Waals surface area contributed by atoms with E-state index >= 15 is 0 Å². The van der Waals surface area contributed by atoms with Crippen molar-refractivity contribution in [3.8, 4) is 0 Å². The zero-order valence-electron chi connectivity index (χ0n) is 15.7. The Morgan fingerprint density at radius 3 is 2.17 bits per heavy atom. The van der Waals surface area contributed by atoms with E-state index < -0.39 is 0 Å². The van der Waals surface area contributed by atoms with E-state index in [2.05, 4.69) is 70.5 Å². The molecule has 1 aliphatic rings. The first-order chi connectivity index (χ1) is 10.6. The van der Waals surface area contributed by atoms with Crippen LogP contribution in [-0.2, 0) is 9.31 Å². The number of rotatable bonds is 4. The van der Waals surface area contributed by atoms with Crippen LogP contribution >= 0.6 is 0 Å². The fourth-order valence-electron chi connectivity index (χ4n) is 2.43. The summed E-state index contributed by atoms with van der Waals surface area (Å²) in [5.41, 5.74) is 3.70. The molecule has 126 valence electrons. The van der Waals surface area contributed by atoms with E-state index in [0.29, 0.717) is 0 Å². The maximum Gasteiger partial charge on any atom is 0.495 e. The summed E-state index contributed by atoms with van der Waals surface area (Å²) >= 11 is 0. The molecule has 0 atom stereocenters. The summed E-state index contributed by atoms with van der Waals surface area (Å²) in [5, 5.41) is 0. The van der Waals surface area contributed by atoms with Crippen molar-refractivity contribution in [2.75, 3.05) is 13.6 Å². The molecule has 1 heterocycles.